The third-order valence-corrected chi connectivity index (χ3v) is 1.94. The minimum atomic E-state index is -0.123. The van der Waals surface area contributed by atoms with Gasteiger partial charge in [0.1, 0.15) is 0 Å². The van der Waals surface area contributed by atoms with Gasteiger partial charge >= 0.3 is 0 Å². The van der Waals surface area contributed by atoms with Crippen LogP contribution in [-0.4, -0.2) is 17.3 Å². The van der Waals surface area contributed by atoms with Crippen molar-refractivity contribution in [3.63, 3.8) is 0 Å². The zero-order valence-corrected chi connectivity index (χ0v) is 6.94. The average Bonchev–Trinajstić information content (AvgIpc) is 1.93. The van der Waals surface area contributed by atoms with Gasteiger partial charge in [-0.3, -0.25) is 0 Å². The first-order chi connectivity index (χ1) is 4.29. The minimum absolute atomic E-state index is 0. The lowest BCUT2D eigenvalue weighted by Crippen LogP contribution is -2.23. The summed E-state index contributed by atoms with van der Waals surface area (Å²) in [5, 5.41) is 9.18. The largest absolute Gasteiger partial charge is 0.393 e. The highest BCUT2D eigenvalue weighted by Crippen LogP contribution is 2.15. The summed E-state index contributed by atoms with van der Waals surface area (Å²) in [5.74, 6) is 0. The van der Waals surface area contributed by atoms with Crippen LogP contribution >= 0.6 is 12.4 Å². The molecule has 1 aliphatic rings. The normalized spacial score (nSPS) is 34.2. The molecule has 0 spiro atoms. The van der Waals surface area contributed by atoms with Crippen LogP contribution in [0.4, 0.5) is 0 Å². The Morgan fingerprint density at radius 3 is 2.50 bits per heavy atom. The Balaban J connectivity index is 0.000000810. The van der Waals surface area contributed by atoms with Crippen molar-refractivity contribution < 1.29 is 5.11 Å². The van der Waals surface area contributed by atoms with Crippen LogP contribution in [0.1, 0.15) is 32.1 Å². The number of aliphatic hydroxyl groups excluding tert-OH is 1. The fourth-order valence-corrected chi connectivity index (χ4v) is 1.37. The Labute approximate surface area is 68.2 Å². The average molecular weight is 166 g/mol. The molecule has 0 bridgehead atoms. The molecular weight excluding hydrogens is 150 g/mol. The van der Waals surface area contributed by atoms with Crippen molar-refractivity contribution in [1.82, 2.24) is 0 Å². The molecule has 0 aliphatic heterocycles. The molecule has 0 aromatic heterocycles. The Morgan fingerprint density at radius 2 is 1.80 bits per heavy atom. The number of hydrogen-bond acceptors (Lipinski definition) is 2. The van der Waals surface area contributed by atoms with Gasteiger partial charge in [0.05, 0.1) is 6.10 Å². The Kier molecular flexibility index (Phi) is 5.04. The van der Waals surface area contributed by atoms with Crippen LogP contribution in [0.5, 0.6) is 0 Å². The van der Waals surface area contributed by atoms with Crippen molar-refractivity contribution in [3.05, 3.63) is 0 Å². The van der Waals surface area contributed by atoms with E-state index in [-0.39, 0.29) is 24.6 Å². The molecule has 0 radical (unpaired) electrons. The number of hydrogen-bond donors (Lipinski definition) is 2. The van der Waals surface area contributed by atoms with Gasteiger partial charge in [-0.25, -0.2) is 0 Å². The number of halogens is 1. The highest BCUT2D eigenvalue weighted by Gasteiger charge is 2.13. The van der Waals surface area contributed by atoms with Gasteiger partial charge in [0.15, 0.2) is 0 Å². The molecule has 1 fully saturated rings. The second-order valence-electron chi connectivity index (χ2n) is 2.93. The van der Waals surface area contributed by atoms with E-state index in [1.807, 2.05) is 0 Å². The van der Waals surface area contributed by atoms with E-state index in [0.717, 1.165) is 25.7 Å². The van der Waals surface area contributed by atoms with Crippen LogP contribution in [0.3, 0.4) is 0 Å². The van der Waals surface area contributed by atoms with Crippen molar-refractivity contribution in [2.45, 2.75) is 44.2 Å². The first-order valence-corrected chi connectivity index (χ1v) is 3.72. The van der Waals surface area contributed by atoms with Crippen molar-refractivity contribution >= 4 is 12.4 Å². The second-order valence-corrected chi connectivity index (χ2v) is 2.93. The number of rotatable bonds is 0. The lowest BCUT2D eigenvalue weighted by Gasteiger charge is -2.09. The van der Waals surface area contributed by atoms with Gasteiger partial charge in [0, 0.05) is 6.04 Å². The van der Waals surface area contributed by atoms with Crippen molar-refractivity contribution in [2.24, 2.45) is 5.73 Å². The molecule has 62 valence electrons. The fourth-order valence-electron chi connectivity index (χ4n) is 1.37. The van der Waals surface area contributed by atoms with Gasteiger partial charge < -0.3 is 10.8 Å². The van der Waals surface area contributed by atoms with Gasteiger partial charge in [-0.15, -0.1) is 12.4 Å². The molecule has 0 saturated heterocycles. The molecule has 0 heterocycles. The molecule has 0 unspecified atom stereocenters. The molecule has 0 amide bonds. The summed E-state index contributed by atoms with van der Waals surface area (Å²) < 4.78 is 0. The summed E-state index contributed by atoms with van der Waals surface area (Å²) in [6, 6.07) is 0.252. The Bertz CT molecular complexity index is 79.7. The van der Waals surface area contributed by atoms with Crippen LogP contribution in [0.15, 0.2) is 0 Å². The van der Waals surface area contributed by atoms with E-state index in [4.69, 9.17) is 5.73 Å². The molecular formula is C7H16ClNO. The van der Waals surface area contributed by atoms with Gasteiger partial charge in [-0.1, -0.05) is 12.8 Å². The standard InChI is InChI=1S/C7H15NO.ClH/c8-6-3-1-2-4-7(9)5-6;/h6-7,9H,1-5,8H2;1H/t6-,7+;/m1./s1. The van der Waals surface area contributed by atoms with Crippen LogP contribution in [0, 0.1) is 0 Å². The van der Waals surface area contributed by atoms with E-state index in [9.17, 15) is 5.11 Å². The summed E-state index contributed by atoms with van der Waals surface area (Å²) >= 11 is 0. The van der Waals surface area contributed by atoms with Gasteiger partial charge in [-0.05, 0) is 19.3 Å². The lowest BCUT2D eigenvalue weighted by atomic mass is 10.1. The quantitative estimate of drug-likeness (QED) is 0.528. The number of nitrogens with two attached hydrogens (primary N) is 1. The van der Waals surface area contributed by atoms with Crippen LogP contribution in [0.2, 0.25) is 0 Å². The van der Waals surface area contributed by atoms with Crippen molar-refractivity contribution in [1.29, 1.82) is 0 Å². The first-order valence-electron chi connectivity index (χ1n) is 3.72. The maximum Gasteiger partial charge on any atom is 0.0555 e. The molecule has 0 aromatic carbocycles. The molecule has 1 rings (SSSR count). The molecule has 3 heteroatoms. The van der Waals surface area contributed by atoms with Crippen molar-refractivity contribution in [3.8, 4) is 0 Å². The van der Waals surface area contributed by atoms with Crippen LogP contribution < -0.4 is 5.73 Å². The predicted molar refractivity (Wildman–Crippen MR) is 44.3 cm³/mol. The van der Waals surface area contributed by atoms with Gasteiger partial charge in [0.25, 0.3) is 0 Å². The SMILES string of the molecule is Cl.N[C@@H]1CCCC[C@H](O)C1. The lowest BCUT2D eigenvalue weighted by molar-refractivity contribution is 0.152. The third-order valence-electron chi connectivity index (χ3n) is 1.94. The highest BCUT2D eigenvalue weighted by atomic mass is 35.5. The Morgan fingerprint density at radius 1 is 1.20 bits per heavy atom. The summed E-state index contributed by atoms with van der Waals surface area (Å²) in [7, 11) is 0. The monoisotopic (exact) mass is 165 g/mol. The van der Waals surface area contributed by atoms with Crippen LogP contribution in [0.25, 0.3) is 0 Å². The van der Waals surface area contributed by atoms with E-state index in [2.05, 4.69) is 0 Å². The fraction of sp³-hybridized carbons (Fsp3) is 1.00. The Hall–Kier alpha value is 0.210. The maximum atomic E-state index is 9.18. The summed E-state index contributed by atoms with van der Waals surface area (Å²) in [6.07, 6.45) is 5.07. The summed E-state index contributed by atoms with van der Waals surface area (Å²) in [6.45, 7) is 0. The molecule has 2 atom stereocenters. The van der Waals surface area contributed by atoms with E-state index < -0.39 is 0 Å². The zero-order valence-electron chi connectivity index (χ0n) is 6.12. The molecule has 1 saturated carbocycles. The maximum absolute atomic E-state index is 9.18. The second kappa shape index (κ2) is 4.94. The van der Waals surface area contributed by atoms with Gasteiger partial charge in [-0.2, -0.15) is 0 Å². The summed E-state index contributed by atoms with van der Waals surface area (Å²) in [5.41, 5.74) is 5.67. The van der Waals surface area contributed by atoms with E-state index >= 15 is 0 Å². The summed E-state index contributed by atoms with van der Waals surface area (Å²) in [4.78, 5) is 0. The van der Waals surface area contributed by atoms with E-state index in [0.29, 0.717) is 0 Å². The predicted octanol–water partition coefficient (Wildman–Crippen LogP) is 1.06. The van der Waals surface area contributed by atoms with Crippen LogP contribution in [-0.2, 0) is 0 Å². The smallest absolute Gasteiger partial charge is 0.0555 e. The topological polar surface area (TPSA) is 46.2 Å². The zero-order chi connectivity index (χ0) is 6.69. The molecule has 1 aliphatic carbocycles. The van der Waals surface area contributed by atoms with E-state index in [1.165, 1.54) is 6.42 Å². The molecule has 0 aromatic rings. The van der Waals surface area contributed by atoms with Gasteiger partial charge in [0.2, 0.25) is 0 Å². The molecule has 10 heavy (non-hydrogen) atoms. The number of aliphatic hydroxyl groups is 1. The van der Waals surface area contributed by atoms with E-state index in [1.54, 1.807) is 0 Å². The third kappa shape index (κ3) is 3.40. The minimum Gasteiger partial charge on any atom is -0.393 e. The van der Waals surface area contributed by atoms with Crippen molar-refractivity contribution in [2.75, 3.05) is 0 Å². The first kappa shape index (κ1) is 10.2. The molecule has 3 N–H and O–H groups in total. The molecule has 2 nitrogen and oxygen atoms in total. The highest BCUT2D eigenvalue weighted by molar-refractivity contribution is 5.85.